The summed E-state index contributed by atoms with van der Waals surface area (Å²) in [6, 6.07) is 12.7. The molecule has 1 aliphatic heterocycles. The minimum absolute atomic E-state index is 0.142. The third kappa shape index (κ3) is 4.67. The number of nitro groups is 1. The molecule has 0 radical (unpaired) electrons. The number of esters is 1. The maximum Gasteiger partial charge on any atom is 0.302 e. The van der Waals surface area contributed by atoms with Crippen molar-refractivity contribution in [3.63, 3.8) is 0 Å². The Balaban J connectivity index is 1.86. The summed E-state index contributed by atoms with van der Waals surface area (Å²) in [5.74, 6) is -1.26. The molecule has 0 saturated carbocycles. The lowest BCUT2D eigenvalue weighted by atomic mass is 10.0. The van der Waals surface area contributed by atoms with E-state index in [1.807, 2.05) is 0 Å². The van der Waals surface area contributed by atoms with Crippen molar-refractivity contribution in [2.24, 2.45) is 0 Å². The molecule has 1 unspecified atom stereocenters. The van der Waals surface area contributed by atoms with Gasteiger partial charge in [0.25, 0.3) is 5.69 Å². The molecule has 0 aliphatic carbocycles. The van der Waals surface area contributed by atoms with Crippen molar-refractivity contribution in [1.29, 1.82) is 0 Å². The second-order valence-electron chi connectivity index (χ2n) is 6.74. The minimum atomic E-state index is -1.15. The molecule has 31 heavy (non-hydrogen) atoms. The Morgan fingerprint density at radius 3 is 2.48 bits per heavy atom. The molecule has 0 aromatic heterocycles. The van der Waals surface area contributed by atoms with E-state index in [1.54, 1.807) is 30.3 Å². The SMILES string of the molecule is CC(=O)OC/C(=C\COC1C(=O)c2ccccc2N1C(C)=O)c1ccccc1[N+](=O)[O-]. The zero-order chi connectivity index (χ0) is 22.5. The molecule has 2 aromatic carbocycles. The summed E-state index contributed by atoms with van der Waals surface area (Å²) in [5.41, 5.74) is 1.30. The van der Waals surface area contributed by atoms with Crippen LogP contribution in [0.2, 0.25) is 0 Å². The molecule has 1 atom stereocenters. The highest BCUT2D eigenvalue weighted by atomic mass is 16.6. The van der Waals surface area contributed by atoms with Crippen molar-refractivity contribution in [2.75, 3.05) is 18.1 Å². The van der Waals surface area contributed by atoms with Gasteiger partial charge in [-0.2, -0.15) is 0 Å². The molecule has 0 saturated heterocycles. The van der Waals surface area contributed by atoms with Gasteiger partial charge in [-0.1, -0.05) is 30.3 Å². The minimum Gasteiger partial charge on any atom is -0.461 e. The standard InChI is InChI=1S/C22H20N2O7/c1-14(25)23-19-9-5-4-8-18(19)21(27)22(23)30-12-11-16(13-31-15(2)26)17-7-3-6-10-20(17)24(28)29/h3-11,22H,12-13H2,1-2H3/b16-11+. The van der Waals surface area contributed by atoms with E-state index in [1.165, 1.54) is 43.0 Å². The number of benzene rings is 2. The lowest BCUT2D eigenvalue weighted by Crippen LogP contribution is -2.41. The fraction of sp³-hybridized carbons (Fsp3) is 0.227. The number of Topliss-reactive ketones (excluding diaryl/α,β-unsaturated/α-hetero) is 1. The normalized spacial score (nSPS) is 15.5. The molecule has 2 aromatic rings. The van der Waals surface area contributed by atoms with Crippen LogP contribution >= 0.6 is 0 Å². The van der Waals surface area contributed by atoms with Crippen LogP contribution in [0, 0.1) is 10.1 Å². The van der Waals surface area contributed by atoms with Crippen molar-refractivity contribution in [2.45, 2.75) is 20.1 Å². The first-order valence-corrected chi connectivity index (χ1v) is 9.42. The van der Waals surface area contributed by atoms with Gasteiger partial charge in [-0.05, 0) is 18.2 Å². The highest BCUT2D eigenvalue weighted by molar-refractivity contribution is 6.16. The highest BCUT2D eigenvalue weighted by Gasteiger charge is 2.39. The molecule has 1 aliphatic rings. The number of anilines is 1. The molecule has 0 fully saturated rings. The molecule has 0 spiro atoms. The second kappa shape index (κ2) is 9.31. The Bertz CT molecular complexity index is 1080. The number of ether oxygens (including phenoxy) is 2. The van der Waals surface area contributed by atoms with Crippen molar-refractivity contribution in [1.82, 2.24) is 0 Å². The maximum atomic E-state index is 12.7. The number of amides is 1. The predicted octanol–water partition coefficient (Wildman–Crippen LogP) is 3.13. The molecular formula is C22H20N2O7. The van der Waals surface area contributed by atoms with Crippen molar-refractivity contribution in [3.05, 3.63) is 75.8 Å². The Morgan fingerprint density at radius 2 is 1.81 bits per heavy atom. The maximum absolute atomic E-state index is 12.7. The van der Waals surface area contributed by atoms with Crippen LogP contribution in [0.4, 0.5) is 11.4 Å². The summed E-state index contributed by atoms with van der Waals surface area (Å²) < 4.78 is 10.7. The van der Waals surface area contributed by atoms with Gasteiger partial charge in [0, 0.05) is 31.1 Å². The van der Waals surface area contributed by atoms with E-state index < -0.39 is 17.1 Å². The van der Waals surface area contributed by atoms with Gasteiger partial charge in [0.2, 0.25) is 17.9 Å². The molecule has 3 rings (SSSR count). The van der Waals surface area contributed by atoms with Crippen LogP contribution in [0.5, 0.6) is 0 Å². The number of hydrogen-bond donors (Lipinski definition) is 0. The number of ketones is 1. The smallest absolute Gasteiger partial charge is 0.302 e. The van der Waals surface area contributed by atoms with Crippen LogP contribution in [-0.4, -0.2) is 42.0 Å². The largest absolute Gasteiger partial charge is 0.461 e. The van der Waals surface area contributed by atoms with Gasteiger partial charge >= 0.3 is 5.97 Å². The van der Waals surface area contributed by atoms with Crippen LogP contribution < -0.4 is 4.90 Å². The zero-order valence-corrected chi connectivity index (χ0v) is 16.9. The number of rotatable bonds is 7. The van der Waals surface area contributed by atoms with E-state index >= 15 is 0 Å². The molecule has 0 bridgehead atoms. The quantitative estimate of drug-likeness (QED) is 0.381. The van der Waals surface area contributed by atoms with Crippen LogP contribution in [0.1, 0.15) is 29.8 Å². The molecule has 1 amide bonds. The summed E-state index contributed by atoms with van der Waals surface area (Å²) >= 11 is 0. The van der Waals surface area contributed by atoms with Gasteiger partial charge in [0.1, 0.15) is 6.61 Å². The number of para-hydroxylation sites is 2. The zero-order valence-electron chi connectivity index (χ0n) is 16.9. The highest BCUT2D eigenvalue weighted by Crippen LogP contribution is 2.33. The molecule has 1 heterocycles. The molecule has 9 heteroatoms. The van der Waals surface area contributed by atoms with Crippen molar-refractivity contribution < 1.29 is 28.8 Å². The molecule has 160 valence electrons. The van der Waals surface area contributed by atoms with Crippen molar-refractivity contribution >= 4 is 34.6 Å². The number of nitro benzene ring substituents is 1. The van der Waals surface area contributed by atoms with Crippen LogP contribution in [0.25, 0.3) is 5.57 Å². The molecular weight excluding hydrogens is 404 g/mol. The first kappa shape index (κ1) is 21.8. The third-order valence-corrected chi connectivity index (χ3v) is 4.69. The van der Waals surface area contributed by atoms with E-state index in [0.29, 0.717) is 16.8 Å². The molecule has 9 nitrogen and oxygen atoms in total. The van der Waals surface area contributed by atoms with E-state index in [9.17, 15) is 24.5 Å². The van der Waals surface area contributed by atoms with Gasteiger partial charge in [-0.15, -0.1) is 0 Å². The second-order valence-corrected chi connectivity index (χ2v) is 6.74. The Kier molecular flexibility index (Phi) is 6.56. The first-order chi connectivity index (χ1) is 14.8. The van der Waals surface area contributed by atoms with E-state index in [0.717, 1.165) is 0 Å². The van der Waals surface area contributed by atoms with Crippen LogP contribution in [0.15, 0.2) is 54.6 Å². The predicted molar refractivity (Wildman–Crippen MR) is 111 cm³/mol. The van der Waals surface area contributed by atoms with E-state index in [2.05, 4.69) is 0 Å². The number of nitrogens with zero attached hydrogens (tertiary/aromatic N) is 2. The van der Waals surface area contributed by atoms with Gasteiger partial charge in [-0.3, -0.25) is 29.4 Å². The number of carbonyl (C=O) groups is 3. The van der Waals surface area contributed by atoms with Gasteiger partial charge in [0.05, 0.1) is 22.8 Å². The summed E-state index contributed by atoms with van der Waals surface area (Å²) in [6.45, 7) is 2.21. The Labute approximate surface area is 178 Å². The molecule has 0 N–H and O–H groups in total. The van der Waals surface area contributed by atoms with Gasteiger partial charge < -0.3 is 9.47 Å². The van der Waals surface area contributed by atoms with Gasteiger partial charge in [-0.25, -0.2) is 0 Å². The van der Waals surface area contributed by atoms with E-state index in [4.69, 9.17) is 9.47 Å². The summed E-state index contributed by atoms with van der Waals surface area (Å²) in [7, 11) is 0. The average Bonchev–Trinajstić information content (AvgIpc) is 3.02. The summed E-state index contributed by atoms with van der Waals surface area (Å²) in [6.07, 6.45) is 0.353. The van der Waals surface area contributed by atoms with Crippen molar-refractivity contribution in [3.8, 4) is 0 Å². The monoisotopic (exact) mass is 424 g/mol. The topological polar surface area (TPSA) is 116 Å². The summed E-state index contributed by atoms with van der Waals surface area (Å²) in [4.78, 5) is 48.2. The number of carbonyl (C=O) groups excluding carboxylic acids is 3. The van der Waals surface area contributed by atoms with Crippen LogP contribution in [-0.2, 0) is 19.1 Å². The first-order valence-electron chi connectivity index (χ1n) is 9.42. The fourth-order valence-electron chi connectivity index (χ4n) is 3.32. The Hall–Kier alpha value is -3.85. The van der Waals surface area contributed by atoms with E-state index in [-0.39, 0.29) is 36.2 Å². The Morgan fingerprint density at radius 1 is 1.13 bits per heavy atom. The number of hydrogen-bond acceptors (Lipinski definition) is 7. The lowest BCUT2D eigenvalue weighted by Gasteiger charge is -2.22. The van der Waals surface area contributed by atoms with Crippen LogP contribution in [0.3, 0.4) is 0 Å². The fourth-order valence-corrected chi connectivity index (χ4v) is 3.32. The average molecular weight is 424 g/mol. The lowest BCUT2D eigenvalue weighted by molar-refractivity contribution is -0.385. The van der Waals surface area contributed by atoms with Gasteiger partial charge in [0.15, 0.2) is 0 Å². The summed E-state index contributed by atoms with van der Waals surface area (Å²) in [5, 5.41) is 11.4. The third-order valence-electron chi connectivity index (χ3n) is 4.69. The number of fused-ring (bicyclic) bond motifs is 1.